The zero-order valence-electron chi connectivity index (χ0n) is 18.2. The van der Waals surface area contributed by atoms with E-state index < -0.39 is 0 Å². The second-order valence-corrected chi connectivity index (χ2v) is 9.02. The van der Waals surface area contributed by atoms with Gasteiger partial charge in [-0.2, -0.15) is 0 Å². The first-order chi connectivity index (χ1) is 14.4. The van der Waals surface area contributed by atoms with Gasteiger partial charge in [-0.15, -0.1) is 0 Å². The average molecular weight is 536 g/mol. The van der Waals surface area contributed by atoms with Gasteiger partial charge >= 0.3 is 0 Å². The maximum absolute atomic E-state index is 13.5. The normalized spacial score (nSPS) is 16.4. The van der Waals surface area contributed by atoms with Crippen molar-refractivity contribution in [3.05, 3.63) is 65.0 Å². The molecule has 1 saturated carbocycles. The second-order valence-electron chi connectivity index (χ2n) is 9.02. The molecular weight excluding hydrogens is 506 g/mol. The van der Waals surface area contributed by atoms with E-state index in [0.717, 1.165) is 22.8 Å². The van der Waals surface area contributed by atoms with Gasteiger partial charge in [-0.3, -0.25) is 4.79 Å². The number of halogens is 2. The minimum Gasteiger partial charge on any atom is -1.00 e. The Labute approximate surface area is 201 Å². The molecule has 0 atom stereocenters. The highest BCUT2D eigenvalue weighted by molar-refractivity contribution is 6.07. The van der Waals surface area contributed by atoms with Crippen molar-refractivity contribution in [1.29, 1.82) is 0 Å². The molecule has 1 fully saturated rings. The van der Waals surface area contributed by atoms with Crippen molar-refractivity contribution in [2.75, 3.05) is 26.0 Å². The molecule has 1 heterocycles. The number of benzene rings is 2. The first kappa shape index (κ1) is 23.7. The zero-order chi connectivity index (χ0) is 21.1. The van der Waals surface area contributed by atoms with Crippen LogP contribution in [0.15, 0.2) is 48.0 Å². The molecule has 0 radical (unpaired) electrons. The molecule has 4 nitrogen and oxygen atoms in total. The summed E-state index contributed by atoms with van der Waals surface area (Å²) in [4.78, 5) is 12.6. The van der Waals surface area contributed by atoms with Crippen LogP contribution in [0.4, 0.5) is 10.1 Å². The lowest BCUT2D eigenvalue weighted by Crippen LogP contribution is -3.00. The molecule has 1 amide bonds. The quantitative estimate of drug-likeness (QED) is 0.470. The van der Waals surface area contributed by atoms with Crippen LogP contribution in [0.3, 0.4) is 0 Å². The van der Waals surface area contributed by atoms with E-state index >= 15 is 0 Å². The fraction of sp³-hybridized carbons (Fsp3) is 0.400. The summed E-state index contributed by atoms with van der Waals surface area (Å²) in [6.07, 6.45) is 8.36. The predicted octanol–water partition coefficient (Wildman–Crippen LogP) is 2.15. The molecule has 31 heavy (non-hydrogen) atoms. The molecule has 1 N–H and O–H groups in total. The Kier molecular flexibility index (Phi) is 7.75. The number of carbonyl (C=O) groups is 1. The molecule has 2 aromatic rings. The van der Waals surface area contributed by atoms with Gasteiger partial charge in [0.1, 0.15) is 24.7 Å². The van der Waals surface area contributed by atoms with Crippen molar-refractivity contribution in [3.63, 3.8) is 0 Å². The van der Waals surface area contributed by atoms with Crippen LogP contribution in [0.2, 0.25) is 0 Å². The Bertz CT molecular complexity index is 950. The molecule has 0 bridgehead atoms. The van der Waals surface area contributed by atoms with E-state index in [9.17, 15) is 9.18 Å². The van der Waals surface area contributed by atoms with Crippen LogP contribution in [0.5, 0.6) is 5.75 Å². The number of nitrogens with one attached hydrogen (secondary N) is 1. The summed E-state index contributed by atoms with van der Waals surface area (Å²) < 4.78 is 20.0. The minimum absolute atomic E-state index is 0. The lowest BCUT2D eigenvalue weighted by Gasteiger charge is -2.40. The Morgan fingerprint density at radius 3 is 2.52 bits per heavy atom. The van der Waals surface area contributed by atoms with Gasteiger partial charge in [0.15, 0.2) is 0 Å². The van der Waals surface area contributed by atoms with Gasteiger partial charge in [-0.25, -0.2) is 4.39 Å². The van der Waals surface area contributed by atoms with E-state index in [1.165, 1.54) is 49.8 Å². The number of amides is 1. The van der Waals surface area contributed by atoms with E-state index in [1.54, 1.807) is 12.1 Å². The highest BCUT2D eigenvalue weighted by atomic mass is 127. The summed E-state index contributed by atoms with van der Waals surface area (Å²) in [5.74, 6) is 0.0207. The molecule has 6 heteroatoms. The van der Waals surface area contributed by atoms with Crippen LogP contribution in [0, 0.1) is 5.82 Å². The van der Waals surface area contributed by atoms with Crippen LogP contribution in [-0.4, -0.2) is 37.1 Å². The van der Waals surface area contributed by atoms with Crippen LogP contribution in [-0.2, 0) is 11.3 Å². The molecule has 2 aromatic carbocycles. The number of rotatable bonds is 5. The van der Waals surface area contributed by atoms with Crippen molar-refractivity contribution < 1.29 is 42.4 Å². The summed E-state index contributed by atoms with van der Waals surface area (Å²) in [5, 5.41) is 2.92. The largest absolute Gasteiger partial charge is 1.00 e. The lowest BCUT2D eigenvalue weighted by atomic mass is 9.92. The Balaban J connectivity index is 0.00000272. The van der Waals surface area contributed by atoms with Crippen LogP contribution in [0.25, 0.3) is 6.08 Å². The number of fused-ring (bicyclic) bond motifs is 1. The Morgan fingerprint density at radius 1 is 1.10 bits per heavy atom. The topological polar surface area (TPSA) is 38.3 Å². The summed E-state index contributed by atoms with van der Waals surface area (Å²) in [6, 6.07) is 13.1. The van der Waals surface area contributed by atoms with Crippen molar-refractivity contribution in [3.8, 4) is 5.75 Å². The van der Waals surface area contributed by atoms with Gasteiger partial charge in [-0.1, -0.05) is 18.6 Å². The van der Waals surface area contributed by atoms with Gasteiger partial charge in [-0.05, 0) is 62.1 Å². The lowest BCUT2D eigenvalue weighted by molar-refractivity contribution is -0.929. The summed E-state index contributed by atoms with van der Waals surface area (Å²) in [5.41, 5.74) is 3.09. The number of carbonyl (C=O) groups excluding carboxylic acids is 1. The van der Waals surface area contributed by atoms with E-state index in [-0.39, 0.29) is 42.3 Å². The van der Waals surface area contributed by atoms with Crippen molar-refractivity contribution >= 4 is 17.7 Å². The number of nitrogens with zero attached hydrogens (tertiary/aromatic N) is 1. The maximum atomic E-state index is 13.5. The second kappa shape index (κ2) is 10.1. The number of quaternary nitrogens is 1. The average Bonchev–Trinajstić information content (AvgIpc) is 2.75. The molecule has 4 rings (SSSR count). The molecule has 1 aliphatic carbocycles. The summed E-state index contributed by atoms with van der Waals surface area (Å²) >= 11 is 0. The zero-order valence-corrected chi connectivity index (χ0v) is 20.3. The highest BCUT2D eigenvalue weighted by Crippen LogP contribution is 2.29. The Hall–Kier alpha value is -1.93. The summed E-state index contributed by atoms with van der Waals surface area (Å²) in [7, 11) is 4.64. The molecule has 2 aliphatic rings. The molecule has 0 spiro atoms. The van der Waals surface area contributed by atoms with Crippen molar-refractivity contribution in [2.45, 2.75) is 44.7 Å². The van der Waals surface area contributed by atoms with Crippen LogP contribution < -0.4 is 34.0 Å². The third-order valence-corrected chi connectivity index (χ3v) is 6.34. The first-order valence-corrected chi connectivity index (χ1v) is 10.8. The van der Waals surface area contributed by atoms with Crippen LogP contribution in [0.1, 0.15) is 43.2 Å². The standard InChI is InChI=1S/C25H29FN2O2.HI/c1-28(2,23-6-4-3-5-7-23)16-18-8-11-22(12-9-18)27-25(29)20-14-19-15-21(26)10-13-24(19)30-17-20;/h8-15,23H,3-7,16-17H2,1-2H3;1H. The van der Waals surface area contributed by atoms with E-state index in [4.69, 9.17) is 4.74 Å². The Morgan fingerprint density at radius 2 is 1.81 bits per heavy atom. The predicted molar refractivity (Wildman–Crippen MR) is 118 cm³/mol. The number of hydrogen-bond acceptors (Lipinski definition) is 2. The first-order valence-electron chi connectivity index (χ1n) is 10.8. The molecule has 0 aromatic heterocycles. The van der Waals surface area contributed by atoms with Crippen LogP contribution >= 0.6 is 0 Å². The monoisotopic (exact) mass is 536 g/mol. The number of anilines is 1. The fourth-order valence-electron chi connectivity index (χ4n) is 4.56. The number of hydrogen-bond donors (Lipinski definition) is 1. The fourth-order valence-corrected chi connectivity index (χ4v) is 4.56. The number of ether oxygens (including phenoxy) is 1. The van der Waals surface area contributed by atoms with Crippen molar-refractivity contribution in [2.24, 2.45) is 0 Å². The van der Waals surface area contributed by atoms with Gasteiger partial charge < -0.3 is 38.5 Å². The van der Waals surface area contributed by atoms with Gasteiger partial charge in [0.2, 0.25) is 0 Å². The summed E-state index contributed by atoms with van der Waals surface area (Å²) in [6.45, 7) is 1.16. The van der Waals surface area contributed by atoms with Gasteiger partial charge in [0, 0.05) is 16.8 Å². The third-order valence-electron chi connectivity index (χ3n) is 6.34. The molecular formula is C25H30FIN2O2. The van der Waals surface area contributed by atoms with Gasteiger partial charge in [0.25, 0.3) is 5.91 Å². The SMILES string of the molecule is C[N+](C)(Cc1ccc(NC(=O)C2=Cc3cc(F)ccc3OC2)cc1)C1CCCCC1.[I-]. The van der Waals surface area contributed by atoms with E-state index in [1.807, 2.05) is 12.1 Å². The maximum Gasteiger partial charge on any atom is 0.255 e. The third kappa shape index (κ3) is 5.86. The molecule has 0 unspecified atom stereocenters. The van der Waals surface area contributed by atoms with E-state index in [0.29, 0.717) is 16.9 Å². The minimum atomic E-state index is -0.347. The molecule has 1 aliphatic heterocycles. The molecule has 0 saturated heterocycles. The van der Waals surface area contributed by atoms with Gasteiger partial charge in [0.05, 0.1) is 25.7 Å². The van der Waals surface area contributed by atoms with Crippen molar-refractivity contribution in [1.82, 2.24) is 0 Å². The molecule has 166 valence electrons. The smallest absolute Gasteiger partial charge is 0.255 e. The highest BCUT2D eigenvalue weighted by Gasteiger charge is 2.29. The van der Waals surface area contributed by atoms with E-state index in [2.05, 4.69) is 31.5 Å².